The lowest BCUT2D eigenvalue weighted by Crippen LogP contribution is -2.41. The molecule has 122 valence electrons. The van der Waals surface area contributed by atoms with E-state index >= 15 is 0 Å². The van der Waals surface area contributed by atoms with E-state index in [1.165, 1.54) is 0 Å². The molecule has 2 aromatic rings. The lowest BCUT2D eigenvalue weighted by Gasteiger charge is -2.38. The average Bonchev–Trinajstić information content (AvgIpc) is 2.55. The van der Waals surface area contributed by atoms with E-state index in [0.717, 1.165) is 35.1 Å². The summed E-state index contributed by atoms with van der Waals surface area (Å²) in [5.41, 5.74) is 1.98. The molecule has 0 spiro atoms. The standard InChI is InChI=1S/C18H22N2O2S/c1-23-7-6-17(22)20-18(13-9-15(21)10-13)14-8-12-4-2-3-5-16(12)19-11-14/h2-5,8,11,13,15,18,21H,6-7,9-10H2,1H3,(H,20,22)/t13?,15?,18-/m1/s1. The minimum atomic E-state index is -0.237. The third-order valence-corrected chi connectivity index (χ3v) is 5.05. The summed E-state index contributed by atoms with van der Waals surface area (Å²) in [5, 5.41) is 13.9. The van der Waals surface area contributed by atoms with Gasteiger partial charge in [-0.3, -0.25) is 9.78 Å². The molecule has 4 nitrogen and oxygen atoms in total. The molecule has 0 radical (unpaired) electrons. The van der Waals surface area contributed by atoms with Gasteiger partial charge in [-0.05, 0) is 42.7 Å². The van der Waals surface area contributed by atoms with Gasteiger partial charge in [0.2, 0.25) is 5.91 Å². The minimum absolute atomic E-state index is 0.0649. The van der Waals surface area contributed by atoms with Crippen LogP contribution >= 0.6 is 11.8 Å². The molecule has 5 heteroatoms. The van der Waals surface area contributed by atoms with Gasteiger partial charge in [0.1, 0.15) is 0 Å². The van der Waals surface area contributed by atoms with E-state index in [9.17, 15) is 9.90 Å². The van der Waals surface area contributed by atoms with Gasteiger partial charge in [0, 0.05) is 23.8 Å². The largest absolute Gasteiger partial charge is 0.393 e. The van der Waals surface area contributed by atoms with E-state index < -0.39 is 0 Å². The molecule has 1 aromatic carbocycles. The molecule has 1 fully saturated rings. The van der Waals surface area contributed by atoms with Crippen LogP contribution in [0.2, 0.25) is 0 Å². The second-order valence-corrected chi connectivity index (χ2v) is 7.12. The smallest absolute Gasteiger partial charge is 0.221 e. The van der Waals surface area contributed by atoms with Crippen LogP contribution in [-0.2, 0) is 4.79 Å². The number of nitrogens with zero attached hydrogens (tertiary/aromatic N) is 1. The van der Waals surface area contributed by atoms with Crippen molar-refractivity contribution >= 4 is 28.6 Å². The lowest BCUT2D eigenvalue weighted by atomic mass is 9.75. The van der Waals surface area contributed by atoms with E-state index in [1.54, 1.807) is 11.8 Å². The SMILES string of the molecule is CSCCC(=O)N[C@@H](c1cnc2ccccc2c1)C1CC(O)C1. The summed E-state index contributed by atoms with van der Waals surface area (Å²) in [6.45, 7) is 0. The second-order valence-electron chi connectivity index (χ2n) is 6.13. The number of aliphatic hydroxyl groups is 1. The quantitative estimate of drug-likeness (QED) is 0.855. The summed E-state index contributed by atoms with van der Waals surface area (Å²) in [5.74, 6) is 1.17. The number of fused-ring (bicyclic) bond motifs is 1. The third-order valence-electron chi connectivity index (χ3n) is 4.44. The molecule has 3 rings (SSSR count). The van der Waals surface area contributed by atoms with Crippen LogP contribution < -0.4 is 5.32 Å². The average molecular weight is 330 g/mol. The van der Waals surface area contributed by atoms with Crippen LogP contribution in [0.25, 0.3) is 10.9 Å². The van der Waals surface area contributed by atoms with Crippen LogP contribution in [0.1, 0.15) is 30.9 Å². The highest BCUT2D eigenvalue weighted by Gasteiger charge is 2.35. The Morgan fingerprint density at radius 2 is 2.22 bits per heavy atom. The zero-order valence-electron chi connectivity index (χ0n) is 13.2. The Balaban J connectivity index is 1.82. The normalized spacial score (nSPS) is 21.7. The van der Waals surface area contributed by atoms with Gasteiger partial charge in [0.15, 0.2) is 0 Å². The predicted octanol–water partition coefficient (Wildman–Crippen LogP) is 2.92. The second kappa shape index (κ2) is 7.32. The Kier molecular flexibility index (Phi) is 5.18. The highest BCUT2D eigenvalue weighted by molar-refractivity contribution is 7.98. The first-order chi connectivity index (χ1) is 11.2. The molecule has 1 aliphatic carbocycles. The summed E-state index contributed by atoms with van der Waals surface area (Å²) in [6, 6.07) is 10.0. The molecule has 1 amide bonds. The fourth-order valence-corrected chi connectivity index (χ4v) is 3.46. The van der Waals surface area contributed by atoms with Gasteiger partial charge < -0.3 is 10.4 Å². The van der Waals surface area contributed by atoms with Gasteiger partial charge in [-0.2, -0.15) is 11.8 Å². The van der Waals surface area contributed by atoms with Crippen molar-refractivity contribution in [1.82, 2.24) is 10.3 Å². The number of benzene rings is 1. The zero-order valence-corrected chi connectivity index (χ0v) is 14.1. The number of rotatable bonds is 6. The van der Waals surface area contributed by atoms with Gasteiger partial charge >= 0.3 is 0 Å². The van der Waals surface area contributed by atoms with Crippen LogP contribution in [0.15, 0.2) is 36.5 Å². The number of aliphatic hydroxyl groups excluding tert-OH is 1. The van der Waals surface area contributed by atoms with E-state index in [2.05, 4.69) is 16.4 Å². The van der Waals surface area contributed by atoms with Crippen LogP contribution in [0.4, 0.5) is 0 Å². The van der Waals surface area contributed by atoms with Crippen molar-refractivity contribution < 1.29 is 9.90 Å². The van der Waals surface area contributed by atoms with Gasteiger partial charge in [-0.25, -0.2) is 0 Å². The number of carbonyl (C=O) groups excluding carboxylic acids is 1. The van der Waals surface area contributed by atoms with Crippen molar-refractivity contribution in [3.63, 3.8) is 0 Å². The fourth-order valence-electron chi connectivity index (χ4n) is 3.07. The lowest BCUT2D eigenvalue weighted by molar-refractivity contribution is -0.122. The number of para-hydroxylation sites is 1. The zero-order chi connectivity index (χ0) is 16.2. The number of hydrogen-bond acceptors (Lipinski definition) is 4. The molecule has 2 N–H and O–H groups in total. The Hall–Kier alpha value is -1.59. The van der Waals surface area contributed by atoms with Crippen molar-refractivity contribution in [2.45, 2.75) is 31.4 Å². The Morgan fingerprint density at radius 1 is 1.43 bits per heavy atom. The molecular formula is C18H22N2O2S. The van der Waals surface area contributed by atoms with Gasteiger partial charge in [-0.15, -0.1) is 0 Å². The predicted molar refractivity (Wildman–Crippen MR) is 94.4 cm³/mol. The van der Waals surface area contributed by atoms with Crippen molar-refractivity contribution in [2.24, 2.45) is 5.92 Å². The number of nitrogens with one attached hydrogen (secondary N) is 1. The molecule has 1 atom stereocenters. The van der Waals surface area contributed by atoms with E-state index in [0.29, 0.717) is 6.42 Å². The summed E-state index contributed by atoms with van der Waals surface area (Å²) < 4.78 is 0. The summed E-state index contributed by atoms with van der Waals surface area (Å²) in [7, 11) is 0. The first kappa shape index (κ1) is 16.3. The molecule has 0 unspecified atom stereocenters. The number of pyridine rings is 1. The first-order valence-electron chi connectivity index (χ1n) is 7.98. The van der Waals surface area contributed by atoms with Gasteiger partial charge in [0.25, 0.3) is 0 Å². The molecule has 23 heavy (non-hydrogen) atoms. The maximum atomic E-state index is 12.2. The van der Waals surface area contributed by atoms with E-state index in [4.69, 9.17) is 0 Å². The highest BCUT2D eigenvalue weighted by Crippen LogP contribution is 2.38. The summed E-state index contributed by atoms with van der Waals surface area (Å²) >= 11 is 1.67. The van der Waals surface area contributed by atoms with Crippen molar-refractivity contribution in [3.05, 3.63) is 42.1 Å². The summed E-state index contributed by atoms with van der Waals surface area (Å²) in [4.78, 5) is 16.7. The number of aromatic nitrogens is 1. The van der Waals surface area contributed by atoms with Crippen molar-refractivity contribution in [1.29, 1.82) is 0 Å². The molecular weight excluding hydrogens is 308 g/mol. The third kappa shape index (κ3) is 3.85. The van der Waals surface area contributed by atoms with E-state index in [1.807, 2.05) is 36.7 Å². The van der Waals surface area contributed by atoms with Crippen LogP contribution in [0, 0.1) is 5.92 Å². The minimum Gasteiger partial charge on any atom is -0.393 e. The molecule has 1 saturated carbocycles. The number of thioether (sulfide) groups is 1. The molecule has 0 bridgehead atoms. The Morgan fingerprint density at radius 3 is 2.96 bits per heavy atom. The van der Waals surface area contributed by atoms with E-state index in [-0.39, 0.29) is 24.0 Å². The van der Waals surface area contributed by atoms with Crippen LogP contribution in [-0.4, -0.2) is 34.1 Å². The monoisotopic (exact) mass is 330 g/mol. The van der Waals surface area contributed by atoms with Gasteiger partial charge in [-0.1, -0.05) is 18.2 Å². The van der Waals surface area contributed by atoms with Crippen LogP contribution in [0.5, 0.6) is 0 Å². The molecule has 1 heterocycles. The Labute approximate surface area is 140 Å². The molecule has 0 saturated heterocycles. The van der Waals surface area contributed by atoms with Crippen molar-refractivity contribution in [2.75, 3.05) is 12.0 Å². The fraction of sp³-hybridized carbons (Fsp3) is 0.444. The number of amides is 1. The molecule has 0 aliphatic heterocycles. The highest BCUT2D eigenvalue weighted by atomic mass is 32.2. The van der Waals surface area contributed by atoms with Crippen LogP contribution in [0.3, 0.4) is 0 Å². The molecule has 1 aliphatic rings. The van der Waals surface area contributed by atoms with Crippen molar-refractivity contribution in [3.8, 4) is 0 Å². The maximum Gasteiger partial charge on any atom is 0.221 e. The Bertz CT molecular complexity index is 686. The number of carbonyl (C=O) groups is 1. The first-order valence-corrected chi connectivity index (χ1v) is 9.38. The number of hydrogen-bond donors (Lipinski definition) is 2. The topological polar surface area (TPSA) is 62.2 Å². The summed E-state index contributed by atoms with van der Waals surface area (Å²) in [6.07, 6.45) is 5.61. The van der Waals surface area contributed by atoms with Gasteiger partial charge in [0.05, 0.1) is 17.7 Å². The molecule has 1 aromatic heterocycles. The maximum absolute atomic E-state index is 12.2.